The lowest BCUT2D eigenvalue weighted by molar-refractivity contribution is -0.378. The van der Waals surface area contributed by atoms with Gasteiger partial charge in [-0.15, -0.1) is 0 Å². The second-order valence-corrected chi connectivity index (χ2v) is 5.87. The van der Waals surface area contributed by atoms with Gasteiger partial charge in [0.05, 0.1) is 6.61 Å². The summed E-state index contributed by atoms with van der Waals surface area (Å²) in [5, 5.41) is 0. The fraction of sp³-hybridized carbons (Fsp3) is 0.529. The van der Waals surface area contributed by atoms with Crippen LogP contribution in [0.15, 0.2) is 36.4 Å². The molecule has 2 unspecified atom stereocenters. The average molecular weight is 288 g/mol. The van der Waals surface area contributed by atoms with E-state index < -0.39 is 11.8 Å². The van der Waals surface area contributed by atoms with Gasteiger partial charge in [0.2, 0.25) is 5.79 Å². The molecule has 112 valence electrons. The minimum Gasteiger partial charge on any atom is -0.459 e. The van der Waals surface area contributed by atoms with E-state index in [1.54, 1.807) is 0 Å². The van der Waals surface area contributed by atoms with E-state index in [1.165, 1.54) is 0 Å². The smallest absolute Gasteiger partial charge is 0.286 e. The third-order valence-electron chi connectivity index (χ3n) is 4.26. The van der Waals surface area contributed by atoms with Crippen molar-refractivity contribution in [2.75, 3.05) is 13.2 Å². The highest BCUT2D eigenvalue weighted by Gasteiger charge is 2.54. The van der Waals surface area contributed by atoms with Crippen molar-refractivity contribution in [2.24, 2.45) is 0 Å². The topological polar surface area (TPSA) is 36.9 Å². The van der Waals surface area contributed by atoms with Crippen LogP contribution in [-0.2, 0) is 18.9 Å². The molecular formula is C17H20O4. The standard InChI is InChI=1S/C17H20O4/c1-2-7-14(8-3-1)15-9-6-10-16(20-15)13-19-17(21-16)11-4-5-12-18-17/h1-3,7-9H,4-6,10-13H2. The number of hydrogen-bond acceptors (Lipinski definition) is 4. The van der Waals surface area contributed by atoms with Gasteiger partial charge in [-0.05, 0) is 25.3 Å². The molecule has 4 rings (SSSR count). The Balaban J connectivity index is 1.53. The van der Waals surface area contributed by atoms with Crippen LogP contribution in [0.1, 0.15) is 37.7 Å². The lowest BCUT2D eigenvalue weighted by Gasteiger charge is -2.36. The molecule has 2 atom stereocenters. The van der Waals surface area contributed by atoms with E-state index >= 15 is 0 Å². The second-order valence-electron chi connectivity index (χ2n) is 5.87. The highest BCUT2D eigenvalue weighted by atomic mass is 16.9. The monoisotopic (exact) mass is 288 g/mol. The molecule has 4 heteroatoms. The third kappa shape index (κ3) is 2.48. The van der Waals surface area contributed by atoms with Crippen LogP contribution in [0.5, 0.6) is 0 Å². The molecule has 0 amide bonds. The number of hydrogen-bond donors (Lipinski definition) is 0. The molecule has 0 aliphatic carbocycles. The Kier molecular flexibility index (Phi) is 3.25. The highest BCUT2D eigenvalue weighted by Crippen LogP contribution is 2.45. The van der Waals surface area contributed by atoms with E-state index in [1.807, 2.05) is 30.3 Å². The Labute approximate surface area is 124 Å². The van der Waals surface area contributed by atoms with Crippen LogP contribution in [-0.4, -0.2) is 25.0 Å². The van der Waals surface area contributed by atoms with Crippen molar-refractivity contribution >= 4 is 5.76 Å². The first kappa shape index (κ1) is 13.3. The van der Waals surface area contributed by atoms with Gasteiger partial charge in [0.25, 0.3) is 5.97 Å². The van der Waals surface area contributed by atoms with Gasteiger partial charge in [-0.2, -0.15) is 0 Å². The maximum absolute atomic E-state index is 6.18. The molecule has 1 aromatic rings. The van der Waals surface area contributed by atoms with Crippen molar-refractivity contribution < 1.29 is 18.9 Å². The van der Waals surface area contributed by atoms with E-state index in [-0.39, 0.29) is 0 Å². The average Bonchev–Trinajstić information content (AvgIpc) is 2.86. The van der Waals surface area contributed by atoms with Crippen LogP contribution in [0.4, 0.5) is 0 Å². The second kappa shape index (κ2) is 5.13. The van der Waals surface area contributed by atoms with Gasteiger partial charge in [0, 0.05) is 18.4 Å². The molecule has 3 heterocycles. The molecule has 0 aromatic heterocycles. The largest absolute Gasteiger partial charge is 0.459 e. The molecule has 3 aliphatic heterocycles. The van der Waals surface area contributed by atoms with Crippen molar-refractivity contribution in [3.8, 4) is 0 Å². The third-order valence-corrected chi connectivity index (χ3v) is 4.26. The number of benzene rings is 1. The Morgan fingerprint density at radius 1 is 0.952 bits per heavy atom. The van der Waals surface area contributed by atoms with E-state index in [9.17, 15) is 0 Å². The van der Waals surface area contributed by atoms with Gasteiger partial charge in [0.15, 0.2) is 0 Å². The summed E-state index contributed by atoms with van der Waals surface area (Å²) in [6.45, 7) is 1.12. The summed E-state index contributed by atoms with van der Waals surface area (Å²) < 4.78 is 24.0. The van der Waals surface area contributed by atoms with Crippen LogP contribution < -0.4 is 0 Å². The first-order chi connectivity index (χ1) is 10.3. The van der Waals surface area contributed by atoms with Crippen molar-refractivity contribution in [1.29, 1.82) is 0 Å². The molecule has 0 bridgehead atoms. The molecule has 2 spiro atoms. The zero-order valence-electron chi connectivity index (χ0n) is 12.0. The summed E-state index contributed by atoms with van der Waals surface area (Å²) in [4.78, 5) is 0. The lowest BCUT2D eigenvalue weighted by Crippen LogP contribution is -2.43. The van der Waals surface area contributed by atoms with E-state index in [0.717, 1.165) is 43.4 Å². The predicted octanol–water partition coefficient (Wildman–Crippen LogP) is 3.44. The van der Waals surface area contributed by atoms with Gasteiger partial charge in [-0.25, -0.2) is 0 Å². The summed E-state index contributed by atoms with van der Waals surface area (Å²) >= 11 is 0. The van der Waals surface area contributed by atoms with Gasteiger partial charge >= 0.3 is 0 Å². The molecule has 0 saturated carbocycles. The Morgan fingerprint density at radius 3 is 2.67 bits per heavy atom. The number of allylic oxidation sites excluding steroid dienone is 1. The molecule has 3 aliphatic rings. The van der Waals surface area contributed by atoms with Gasteiger partial charge in [0.1, 0.15) is 12.4 Å². The van der Waals surface area contributed by atoms with Crippen molar-refractivity contribution in [3.63, 3.8) is 0 Å². The normalized spacial score (nSPS) is 35.7. The van der Waals surface area contributed by atoms with Crippen molar-refractivity contribution in [3.05, 3.63) is 42.0 Å². The molecule has 2 saturated heterocycles. The van der Waals surface area contributed by atoms with Crippen LogP contribution >= 0.6 is 0 Å². The maximum atomic E-state index is 6.18. The van der Waals surface area contributed by atoms with Gasteiger partial charge in [-0.3, -0.25) is 4.74 Å². The molecule has 0 radical (unpaired) electrons. The van der Waals surface area contributed by atoms with Gasteiger partial charge < -0.3 is 14.2 Å². The Hall–Kier alpha value is -1.36. The van der Waals surface area contributed by atoms with E-state index in [2.05, 4.69) is 6.08 Å². The molecule has 1 aromatic carbocycles. The van der Waals surface area contributed by atoms with E-state index in [0.29, 0.717) is 13.2 Å². The molecule has 21 heavy (non-hydrogen) atoms. The van der Waals surface area contributed by atoms with Crippen LogP contribution in [0.25, 0.3) is 5.76 Å². The summed E-state index contributed by atoms with van der Waals surface area (Å²) in [5.41, 5.74) is 1.07. The Bertz CT molecular complexity index is 533. The molecule has 2 fully saturated rings. The minimum atomic E-state index is -0.878. The highest BCUT2D eigenvalue weighted by molar-refractivity contribution is 5.60. The van der Waals surface area contributed by atoms with Crippen LogP contribution in [0.3, 0.4) is 0 Å². The SMILES string of the molecule is C1=C(c2ccccc2)OC2(CC1)COC1(CCCCO1)O2. The fourth-order valence-electron chi connectivity index (χ4n) is 3.17. The summed E-state index contributed by atoms with van der Waals surface area (Å²) in [6, 6.07) is 10.1. The first-order valence-electron chi connectivity index (χ1n) is 7.72. The summed E-state index contributed by atoms with van der Waals surface area (Å²) in [6.07, 6.45) is 6.76. The first-order valence-corrected chi connectivity index (χ1v) is 7.72. The lowest BCUT2D eigenvalue weighted by atomic mass is 10.0. The number of rotatable bonds is 1. The van der Waals surface area contributed by atoms with Crippen LogP contribution in [0, 0.1) is 0 Å². The molecule has 4 nitrogen and oxygen atoms in total. The molecular weight excluding hydrogens is 268 g/mol. The minimum absolute atomic E-state index is 0.428. The zero-order valence-corrected chi connectivity index (χ0v) is 12.0. The zero-order chi connectivity index (χ0) is 14.2. The summed E-state index contributed by atoms with van der Waals surface area (Å²) in [5.74, 6) is -0.701. The number of ether oxygens (including phenoxy) is 4. The maximum Gasteiger partial charge on any atom is 0.286 e. The van der Waals surface area contributed by atoms with Crippen molar-refractivity contribution in [2.45, 2.75) is 43.9 Å². The van der Waals surface area contributed by atoms with E-state index in [4.69, 9.17) is 18.9 Å². The van der Waals surface area contributed by atoms with Crippen LogP contribution in [0.2, 0.25) is 0 Å². The fourth-order valence-corrected chi connectivity index (χ4v) is 3.17. The van der Waals surface area contributed by atoms with Gasteiger partial charge in [-0.1, -0.05) is 30.3 Å². The summed E-state index contributed by atoms with van der Waals surface area (Å²) in [7, 11) is 0. The molecule has 0 N–H and O–H groups in total. The Morgan fingerprint density at radius 2 is 1.86 bits per heavy atom. The van der Waals surface area contributed by atoms with Crippen molar-refractivity contribution in [1.82, 2.24) is 0 Å². The predicted molar refractivity (Wildman–Crippen MR) is 77.0 cm³/mol. The quantitative estimate of drug-likeness (QED) is 0.793.